The lowest BCUT2D eigenvalue weighted by Crippen LogP contribution is -1.90. The van der Waals surface area contributed by atoms with Crippen molar-refractivity contribution < 1.29 is 9.84 Å². The van der Waals surface area contributed by atoms with Crippen LogP contribution in [-0.4, -0.2) is 34.0 Å². The first-order valence-electron chi connectivity index (χ1n) is 6.69. The number of nitrogens with zero attached hydrogens (tertiary/aromatic N) is 1. The Hall–Kier alpha value is -1.20. The molecule has 4 nitrogen and oxygen atoms in total. The van der Waals surface area contributed by atoms with E-state index in [-0.39, 0.29) is 6.61 Å². The maximum absolute atomic E-state index is 8.71. The maximum Gasteiger partial charge on any atom is 0.166 e. The lowest BCUT2D eigenvalue weighted by Gasteiger charge is -2.00. The van der Waals surface area contributed by atoms with Crippen LogP contribution in [0.5, 0.6) is 5.75 Å². The van der Waals surface area contributed by atoms with Crippen LogP contribution >= 0.6 is 11.8 Å². The number of hydrogen-bond acceptors (Lipinski definition) is 4. The van der Waals surface area contributed by atoms with Crippen LogP contribution in [0.4, 0.5) is 0 Å². The van der Waals surface area contributed by atoms with Gasteiger partial charge in [0.1, 0.15) is 5.75 Å². The maximum atomic E-state index is 8.71. The molecule has 104 valence electrons. The molecule has 19 heavy (non-hydrogen) atoms. The van der Waals surface area contributed by atoms with E-state index < -0.39 is 0 Å². The number of H-pyrrole nitrogens is 1. The topological polar surface area (TPSA) is 58.1 Å². The molecule has 0 atom stereocenters. The quantitative estimate of drug-likeness (QED) is 0.576. The Morgan fingerprint density at radius 1 is 1.32 bits per heavy atom. The number of aliphatic hydroxyl groups is 1. The summed E-state index contributed by atoms with van der Waals surface area (Å²) in [5.41, 5.74) is 1.99. The number of rotatable bonds is 8. The number of hydrogen-bond donors (Lipinski definition) is 2. The molecule has 1 aromatic heterocycles. The number of aromatic amines is 1. The van der Waals surface area contributed by atoms with Crippen LogP contribution in [0.1, 0.15) is 26.2 Å². The second-order valence-corrected chi connectivity index (χ2v) is 5.37. The number of imidazole rings is 1. The van der Waals surface area contributed by atoms with E-state index in [0.29, 0.717) is 6.61 Å². The van der Waals surface area contributed by atoms with Crippen molar-refractivity contribution >= 4 is 22.8 Å². The van der Waals surface area contributed by atoms with Crippen molar-refractivity contribution in [2.45, 2.75) is 31.3 Å². The Labute approximate surface area is 117 Å². The van der Waals surface area contributed by atoms with E-state index in [0.717, 1.165) is 47.0 Å². The Bertz CT molecular complexity index is 513. The van der Waals surface area contributed by atoms with Gasteiger partial charge in [0.05, 0.1) is 17.6 Å². The van der Waals surface area contributed by atoms with Gasteiger partial charge in [0.2, 0.25) is 0 Å². The third kappa shape index (κ3) is 4.14. The number of aromatic nitrogens is 2. The second-order valence-electron chi connectivity index (χ2n) is 4.29. The van der Waals surface area contributed by atoms with Gasteiger partial charge in [0, 0.05) is 18.4 Å². The predicted molar refractivity (Wildman–Crippen MR) is 78.9 cm³/mol. The van der Waals surface area contributed by atoms with Crippen LogP contribution in [0.3, 0.4) is 0 Å². The Morgan fingerprint density at radius 3 is 3.00 bits per heavy atom. The molecular weight excluding hydrogens is 260 g/mol. The number of nitrogens with one attached hydrogen (secondary N) is 1. The van der Waals surface area contributed by atoms with Crippen LogP contribution in [0.15, 0.2) is 23.4 Å². The number of ether oxygens (including phenoxy) is 1. The minimum atomic E-state index is 0.287. The minimum Gasteiger partial charge on any atom is -0.494 e. The van der Waals surface area contributed by atoms with E-state index in [4.69, 9.17) is 9.84 Å². The highest BCUT2D eigenvalue weighted by Gasteiger charge is 2.04. The molecule has 0 radical (unpaired) electrons. The SMILES string of the molecule is CCOc1ccc2nc(SCCCCCO)[nH]c2c1. The Kier molecular flexibility index (Phi) is 5.54. The van der Waals surface area contributed by atoms with E-state index in [1.54, 1.807) is 11.8 Å². The lowest BCUT2D eigenvalue weighted by molar-refractivity contribution is 0.284. The highest BCUT2D eigenvalue weighted by atomic mass is 32.2. The average molecular weight is 280 g/mol. The third-order valence-corrected chi connectivity index (χ3v) is 3.74. The molecule has 0 aliphatic carbocycles. The van der Waals surface area contributed by atoms with Gasteiger partial charge >= 0.3 is 0 Å². The first-order valence-corrected chi connectivity index (χ1v) is 7.68. The van der Waals surface area contributed by atoms with Crippen LogP contribution in [0, 0.1) is 0 Å². The molecule has 1 heterocycles. The molecule has 0 aliphatic heterocycles. The summed E-state index contributed by atoms with van der Waals surface area (Å²) in [6, 6.07) is 5.91. The van der Waals surface area contributed by atoms with Crippen molar-refractivity contribution in [3.63, 3.8) is 0 Å². The number of aliphatic hydroxyl groups excluding tert-OH is 1. The summed E-state index contributed by atoms with van der Waals surface area (Å²) in [7, 11) is 0. The van der Waals surface area contributed by atoms with Gasteiger partial charge in [-0.25, -0.2) is 4.98 Å². The molecule has 1 aromatic carbocycles. The van der Waals surface area contributed by atoms with E-state index in [2.05, 4.69) is 9.97 Å². The fraction of sp³-hybridized carbons (Fsp3) is 0.500. The lowest BCUT2D eigenvalue weighted by atomic mass is 10.3. The standard InChI is InChI=1S/C14H20N2O2S/c1-2-18-11-6-7-12-13(10-11)16-14(15-12)19-9-5-3-4-8-17/h6-7,10,17H,2-5,8-9H2,1H3,(H,15,16). The fourth-order valence-corrected chi connectivity index (χ4v) is 2.74. The smallest absolute Gasteiger partial charge is 0.166 e. The van der Waals surface area contributed by atoms with Crippen LogP contribution in [-0.2, 0) is 0 Å². The van der Waals surface area contributed by atoms with Gasteiger partial charge in [-0.1, -0.05) is 18.2 Å². The van der Waals surface area contributed by atoms with Gasteiger partial charge in [-0.2, -0.15) is 0 Å². The molecule has 0 saturated carbocycles. The van der Waals surface area contributed by atoms with Crippen molar-refractivity contribution in [2.75, 3.05) is 19.0 Å². The van der Waals surface area contributed by atoms with E-state index in [1.807, 2.05) is 25.1 Å². The molecule has 5 heteroatoms. The molecule has 0 amide bonds. The monoisotopic (exact) mass is 280 g/mol. The molecule has 2 N–H and O–H groups in total. The highest BCUT2D eigenvalue weighted by molar-refractivity contribution is 7.99. The first-order chi connectivity index (χ1) is 9.33. The molecule has 0 bridgehead atoms. The minimum absolute atomic E-state index is 0.287. The summed E-state index contributed by atoms with van der Waals surface area (Å²) in [6.07, 6.45) is 3.06. The summed E-state index contributed by atoms with van der Waals surface area (Å²) in [5, 5.41) is 9.66. The van der Waals surface area contributed by atoms with Crippen LogP contribution in [0.2, 0.25) is 0 Å². The zero-order valence-corrected chi connectivity index (χ0v) is 12.0. The van der Waals surface area contributed by atoms with Gasteiger partial charge in [-0.15, -0.1) is 0 Å². The third-order valence-electron chi connectivity index (χ3n) is 2.78. The summed E-state index contributed by atoms with van der Waals surface area (Å²) < 4.78 is 5.47. The highest BCUT2D eigenvalue weighted by Crippen LogP contribution is 2.23. The normalized spacial score (nSPS) is 11.1. The van der Waals surface area contributed by atoms with E-state index in [9.17, 15) is 0 Å². The molecule has 2 rings (SSSR count). The van der Waals surface area contributed by atoms with Crippen LogP contribution in [0.25, 0.3) is 11.0 Å². The van der Waals surface area contributed by atoms with Gasteiger partial charge < -0.3 is 14.8 Å². The largest absolute Gasteiger partial charge is 0.494 e. The van der Waals surface area contributed by atoms with Gasteiger partial charge in [-0.3, -0.25) is 0 Å². The first kappa shape index (κ1) is 14.2. The van der Waals surface area contributed by atoms with Crippen molar-refractivity contribution in [3.8, 4) is 5.75 Å². The number of benzene rings is 1. The van der Waals surface area contributed by atoms with Crippen molar-refractivity contribution in [1.82, 2.24) is 9.97 Å². The molecule has 0 unspecified atom stereocenters. The van der Waals surface area contributed by atoms with Crippen molar-refractivity contribution in [2.24, 2.45) is 0 Å². The molecule has 0 saturated heterocycles. The van der Waals surface area contributed by atoms with Crippen molar-refractivity contribution in [1.29, 1.82) is 0 Å². The van der Waals surface area contributed by atoms with E-state index >= 15 is 0 Å². The number of thioether (sulfide) groups is 1. The van der Waals surface area contributed by atoms with Gasteiger partial charge in [0.25, 0.3) is 0 Å². The molecule has 0 fully saturated rings. The summed E-state index contributed by atoms with van der Waals surface area (Å²) in [4.78, 5) is 7.84. The number of unbranched alkanes of at least 4 members (excludes halogenated alkanes) is 2. The zero-order chi connectivity index (χ0) is 13.5. The summed E-state index contributed by atoms with van der Waals surface area (Å²) in [5.74, 6) is 1.90. The average Bonchev–Trinajstić information content (AvgIpc) is 2.81. The predicted octanol–water partition coefficient (Wildman–Crippen LogP) is 3.22. The summed E-state index contributed by atoms with van der Waals surface area (Å²) >= 11 is 1.73. The number of fused-ring (bicyclic) bond motifs is 1. The molecule has 2 aromatic rings. The van der Waals surface area contributed by atoms with E-state index in [1.165, 1.54) is 0 Å². The van der Waals surface area contributed by atoms with Crippen LogP contribution < -0.4 is 4.74 Å². The van der Waals surface area contributed by atoms with Gasteiger partial charge in [-0.05, 0) is 31.9 Å². The van der Waals surface area contributed by atoms with Gasteiger partial charge in [0.15, 0.2) is 5.16 Å². The molecule has 0 aliphatic rings. The fourth-order valence-electron chi connectivity index (χ4n) is 1.85. The Morgan fingerprint density at radius 2 is 2.21 bits per heavy atom. The summed E-state index contributed by atoms with van der Waals surface area (Å²) in [6.45, 7) is 2.94. The second kappa shape index (κ2) is 7.40. The Balaban J connectivity index is 1.93. The molecule has 0 spiro atoms. The molecular formula is C14H20N2O2S. The van der Waals surface area contributed by atoms with Crippen molar-refractivity contribution in [3.05, 3.63) is 18.2 Å². The zero-order valence-electron chi connectivity index (χ0n) is 11.2.